The molecule has 0 aromatic carbocycles. The van der Waals surface area contributed by atoms with Crippen LogP contribution in [0, 0.1) is 0 Å². The normalized spacial score (nSPS) is 22.2. The highest BCUT2D eigenvalue weighted by atomic mass is 16.5. The zero-order valence-corrected chi connectivity index (χ0v) is 9.65. The fraction of sp³-hybridized carbons (Fsp3) is 1.00. The van der Waals surface area contributed by atoms with E-state index in [0.717, 1.165) is 26.1 Å². The fourth-order valence-electron chi connectivity index (χ4n) is 1.90. The molecule has 0 spiro atoms. The lowest BCUT2D eigenvalue weighted by atomic mass is 10.1. The number of methoxy groups -OCH3 is 1. The summed E-state index contributed by atoms with van der Waals surface area (Å²) in [5, 5.41) is 8.94. The average molecular weight is 217 g/mol. The summed E-state index contributed by atoms with van der Waals surface area (Å²) in [5.74, 6) is 0. The predicted molar refractivity (Wildman–Crippen MR) is 59.0 cm³/mol. The molecule has 1 unspecified atom stereocenters. The Labute approximate surface area is 92.2 Å². The van der Waals surface area contributed by atoms with E-state index >= 15 is 0 Å². The number of nitrogens with zero attached hydrogens (tertiary/aromatic N) is 1. The second kappa shape index (κ2) is 8.05. The van der Waals surface area contributed by atoms with E-state index in [0.29, 0.717) is 19.3 Å². The van der Waals surface area contributed by atoms with E-state index in [-0.39, 0.29) is 6.61 Å². The van der Waals surface area contributed by atoms with Crippen LogP contribution in [0.15, 0.2) is 0 Å². The lowest BCUT2D eigenvalue weighted by Gasteiger charge is -2.29. The first-order valence-corrected chi connectivity index (χ1v) is 5.80. The average Bonchev–Trinajstić information content (AvgIpc) is 2.28. The van der Waals surface area contributed by atoms with Crippen LogP contribution in [-0.2, 0) is 9.47 Å². The van der Waals surface area contributed by atoms with Gasteiger partial charge in [0.2, 0.25) is 0 Å². The van der Waals surface area contributed by atoms with Gasteiger partial charge in [-0.2, -0.15) is 0 Å². The van der Waals surface area contributed by atoms with Gasteiger partial charge in [-0.3, -0.25) is 4.90 Å². The third-order valence-electron chi connectivity index (χ3n) is 2.76. The van der Waals surface area contributed by atoms with Crippen molar-refractivity contribution >= 4 is 0 Å². The first-order valence-electron chi connectivity index (χ1n) is 5.80. The predicted octanol–water partition coefficient (Wildman–Crippen LogP) is 0.496. The van der Waals surface area contributed by atoms with Crippen molar-refractivity contribution in [1.29, 1.82) is 0 Å². The van der Waals surface area contributed by atoms with Gasteiger partial charge in [-0.05, 0) is 19.3 Å². The smallest absolute Gasteiger partial charge is 0.0702 e. The Bertz CT molecular complexity index is 149. The van der Waals surface area contributed by atoms with Crippen LogP contribution in [-0.4, -0.2) is 62.7 Å². The minimum atomic E-state index is 0.205. The highest BCUT2D eigenvalue weighted by Gasteiger charge is 2.17. The summed E-state index contributed by atoms with van der Waals surface area (Å²) in [6.45, 7) is 4.31. The molecule has 0 radical (unpaired) electrons. The molecule has 0 saturated carbocycles. The zero-order valence-electron chi connectivity index (χ0n) is 9.65. The molecular weight excluding hydrogens is 194 g/mol. The zero-order chi connectivity index (χ0) is 10.9. The van der Waals surface area contributed by atoms with E-state index in [1.165, 1.54) is 12.8 Å². The quantitative estimate of drug-likeness (QED) is 0.674. The number of hydrogen-bond donors (Lipinski definition) is 1. The molecule has 0 aromatic rings. The Kier molecular flexibility index (Phi) is 6.92. The minimum absolute atomic E-state index is 0.205. The standard InChI is InChI=1S/C11H23NO3/c1-14-9-6-12(5-7-13)10-11-4-2-3-8-15-11/h11,13H,2-10H2,1H3. The molecule has 0 aromatic heterocycles. The Hall–Kier alpha value is -0.160. The van der Waals surface area contributed by atoms with Gasteiger partial charge in [-0.15, -0.1) is 0 Å². The van der Waals surface area contributed by atoms with Crippen LogP contribution in [0.5, 0.6) is 0 Å². The van der Waals surface area contributed by atoms with E-state index < -0.39 is 0 Å². The molecule has 1 aliphatic rings. The molecule has 0 bridgehead atoms. The molecule has 1 heterocycles. The van der Waals surface area contributed by atoms with Gasteiger partial charge in [0, 0.05) is 33.4 Å². The SMILES string of the molecule is COCCN(CCO)CC1CCCCO1. The van der Waals surface area contributed by atoms with Crippen LogP contribution in [0.4, 0.5) is 0 Å². The van der Waals surface area contributed by atoms with Crippen molar-refractivity contribution in [1.82, 2.24) is 4.90 Å². The molecule has 1 atom stereocenters. The van der Waals surface area contributed by atoms with Crippen LogP contribution in [0.2, 0.25) is 0 Å². The number of rotatable bonds is 7. The maximum absolute atomic E-state index is 8.94. The summed E-state index contributed by atoms with van der Waals surface area (Å²) in [5.41, 5.74) is 0. The third kappa shape index (κ3) is 5.47. The van der Waals surface area contributed by atoms with E-state index in [4.69, 9.17) is 14.6 Å². The number of ether oxygens (including phenoxy) is 2. The van der Waals surface area contributed by atoms with Gasteiger partial charge in [0.05, 0.1) is 19.3 Å². The molecule has 1 fully saturated rings. The van der Waals surface area contributed by atoms with E-state index in [1.807, 2.05) is 0 Å². The number of hydrogen-bond acceptors (Lipinski definition) is 4. The lowest BCUT2D eigenvalue weighted by molar-refractivity contribution is -0.0115. The Morgan fingerprint density at radius 2 is 2.27 bits per heavy atom. The van der Waals surface area contributed by atoms with Crippen LogP contribution in [0.1, 0.15) is 19.3 Å². The maximum Gasteiger partial charge on any atom is 0.0702 e. The van der Waals surface area contributed by atoms with Crippen LogP contribution in [0.3, 0.4) is 0 Å². The minimum Gasteiger partial charge on any atom is -0.395 e. The van der Waals surface area contributed by atoms with Crippen LogP contribution in [0.25, 0.3) is 0 Å². The fourth-order valence-corrected chi connectivity index (χ4v) is 1.90. The van der Waals surface area contributed by atoms with Crippen LogP contribution < -0.4 is 0 Å². The van der Waals surface area contributed by atoms with Gasteiger partial charge in [0.1, 0.15) is 0 Å². The number of aliphatic hydroxyl groups is 1. The van der Waals surface area contributed by atoms with E-state index in [9.17, 15) is 0 Å². The van der Waals surface area contributed by atoms with E-state index in [1.54, 1.807) is 7.11 Å². The highest BCUT2D eigenvalue weighted by Crippen LogP contribution is 2.13. The van der Waals surface area contributed by atoms with Gasteiger partial charge in [-0.1, -0.05) is 0 Å². The molecule has 1 rings (SSSR count). The van der Waals surface area contributed by atoms with Gasteiger partial charge in [0.25, 0.3) is 0 Å². The molecule has 1 saturated heterocycles. The van der Waals surface area contributed by atoms with Crippen molar-refractivity contribution in [3.63, 3.8) is 0 Å². The molecule has 4 heteroatoms. The second-order valence-corrected chi connectivity index (χ2v) is 4.01. The Morgan fingerprint density at radius 3 is 2.87 bits per heavy atom. The molecule has 1 aliphatic heterocycles. The van der Waals surface area contributed by atoms with Crippen LogP contribution >= 0.6 is 0 Å². The van der Waals surface area contributed by atoms with Gasteiger partial charge in [-0.25, -0.2) is 0 Å². The Morgan fingerprint density at radius 1 is 1.40 bits per heavy atom. The topological polar surface area (TPSA) is 41.9 Å². The van der Waals surface area contributed by atoms with Crippen molar-refractivity contribution in [2.24, 2.45) is 0 Å². The largest absolute Gasteiger partial charge is 0.395 e. The van der Waals surface area contributed by atoms with Gasteiger partial charge < -0.3 is 14.6 Å². The van der Waals surface area contributed by atoms with Crippen molar-refractivity contribution in [3.05, 3.63) is 0 Å². The summed E-state index contributed by atoms with van der Waals surface area (Å²) < 4.78 is 10.7. The molecule has 0 aliphatic carbocycles. The molecule has 90 valence electrons. The van der Waals surface area contributed by atoms with Gasteiger partial charge >= 0.3 is 0 Å². The molecule has 1 N–H and O–H groups in total. The van der Waals surface area contributed by atoms with Crippen molar-refractivity contribution in [2.45, 2.75) is 25.4 Å². The monoisotopic (exact) mass is 217 g/mol. The number of aliphatic hydroxyl groups excluding tert-OH is 1. The summed E-state index contributed by atoms with van der Waals surface area (Å²) in [4.78, 5) is 2.21. The third-order valence-corrected chi connectivity index (χ3v) is 2.76. The second-order valence-electron chi connectivity index (χ2n) is 4.01. The van der Waals surface area contributed by atoms with Gasteiger partial charge in [0.15, 0.2) is 0 Å². The first-order chi connectivity index (χ1) is 7.36. The highest BCUT2D eigenvalue weighted by molar-refractivity contribution is 4.69. The Balaban J connectivity index is 2.21. The summed E-state index contributed by atoms with van der Waals surface area (Å²) in [7, 11) is 1.70. The first kappa shape index (κ1) is 12.9. The summed E-state index contributed by atoms with van der Waals surface area (Å²) in [6, 6.07) is 0. The molecular formula is C11H23NO3. The lowest BCUT2D eigenvalue weighted by Crippen LogP contribution is -2.39. The maximum atomic E-state index is 8.94. The van der Waals surface area contributed by atoms with E-state index in [2.05, 4.69) is 4.90 Å². The summed E-state index contributed by atoms with van der Waals surface area (Å²) in [6.07, 6.45) is 3.95. The molecule has 15 heavy (non-hydrogen) atoms. The summed E-state index contributed by atoms with van der Waals surface area (Å²) >= 11 is 0. The van der Waals surface area contributed by atoms with Crippen molar-refractivity contribution in [2.75, 3.05) is 46.6 Å². The van der Waals surface area contributed by atoms with Crippen molar-refractivity contribution < 1.29 is 14.6 Å². The molecule has 0 amide bonds. The van der Waals surface area contributed by atoms with Crippen molar-refractivity contribution in [3.8, 4) is 0 Å². The molecule has 4 nitrogen and oxygen atoms in total.